The number of amides is 1. The van der Waals surface area contributed by atoms with Crippen molar-refractivity contribution in [3.63, 3.8) is 0 Å². The summed E-state index contributed by atoms with van der Waals surface area (Å²) in [5.41, 5.74) is 3.18. The summed E-state index contributed by atoms with van der Waals surface area (Å²) in [6.45, 7) is 0. The van der Waals surface area contributed by atoms with Gasteiger partial charge >= 0.3 is 0 Å². The number of nitrogens with one attached hydrogen (secondary N) is 2. The molecule has 9 heteroatoms. The number of furan rings is 1. The molecule has 4 atom stereocenters. The van der Waals surface area contributed by atoms with E-state index in [9.17, 15) is 14.4 Å². The molecule has 2 aromatic heterocycles. The Morgan fingerprint density at radius 3 is 2.97 bits per heavy atom. The summed E-state index contributed by atoms with van der Waals surface area (Å²) in [7, 11) is 0. The molecule has 2 fully saturated rings. The molecule has 2 aromatic carbocycles. The fourth-order valence-electron chi connectivity index (χ4n) is 5.25. The van der Waals surface area contributed by atoms with E-state index in [1.54, 1.807) is 24.6 Å². The van der Waals surface area contributed by atoms with E-state index in [0.717, 1.165) is 35.8 Å². The lowest BCUT2D eigenvalue weighted by Crippen LogP contribution is -2.50. The third kappa shape index (κ3) is 4.06. The molecule has 1 aliphatic carbocycles. The Labute approximate surface area is 200 Å². The first kappa shape index (κ1) is 21.5. The highest BCUT2D eigenvalue weighted by molar-refractivity contribution is 5.83. The Kier molecular flexibility index (Phi) is 5.30. The van der Waals surface area contributed by atoms with Gasteiger partial charge in [0.1, 0.15) is 23.1 Å². The average Bonchev–Trinajstić information content (AvgIpc) is 3.68. The smallest absolute Gasteiger partial charge is 0.238 e. The number of hydrogen-bond donors (Lipinski definition) is 2. The zero-order valence-corrected chi connectivity index (χ0v) is 18.8. The van der Waals surface area contributed by atoms with Crippen molar-refractivity contribution in [2.75, 3.05) is 0 Å². The standard InChI is InChI=1S/C26H23FN6O2/c27-22-12-21(33-14-23(31-32-33)16-3-6-24-17(9-16)7-8-35-24)5-2-15(22)10-20(13-28)30-26(34)25-18-1-4-19(11-18)29-25/h2-3,5-9,12,14,18-20,25,29H,1,4,10-11H2,(H,30,34). The van der Waals surface area contributed by atoms with E-state index in [4.69, 9.17) is 4.42 Å². The topological polar surface area (TPSA) is 109 Å². The number of hydrogen-bond acceptors (Lipinski definition) is 6. The molecular formula is C26H23FN6O2. The van der Waals surface area contributed by atoms with Crippen LogP contribution in [0.5, 0.6) is 0 Å². The first-order valence-electron chi connectivity index (χ1n) is 11.7. The van der Waals surface area contributed by atoms with Crippen LogP contribution < -0.4 is 10.6 Å². The number of piperidine rings is 1. The van der Waals surface area contributed by atoms with Crippen LogP contribution in [0.3, 0.4) is 0 Å². The Bertz CT molecular complexity index is 1450. The van der Waals surface area contributed by atoms with E-state index < -0.39 is 11.9 Å². The number of fused-ring (bicyclic) bond motifs is 3. The fraction of sp³-hybridized carbons (Fsp3) is 0.308. The summed E-state index contributed by atoms with van der Waals surface area (Å²) >= 11 is 0. The van der Waals surface area contributed by atoms with Gasteiger partial charge in [-0.1, -0.05) is 11.3 Å². The van der Waals surface area contributed by atoms with Crippen molar-refractivity contribution in [3.05, 3.63) is 66.3 Å². The maximum absolute atomic E-state index is 15.0. The molecule has 4 unspecified atom stereocenters. The van der Waals surface area contributed by atoms with Crippen LogP contribution in [-0.4, -0.2) is 39.0 Å². The second kappa shape index (κ2) is 8.64. The minimum absolute atomic E-state index is 0.0858. The normalized spacial score (nSPS) is 21.8. The average molecular weight is 471 g/mol. The van der Waals surface area contributed by atoms with Crippen molar-refractivity contribution in [1.82, 2.24) is 25.6 Å². The molecule has 6 rings (SSSR count). The molecule has 0 spiro atoms. The Morgan fingerprint density at radius 2 is 2.20 bits per heavy atom. The van der Waals surface area contributed by atoms with Crippen molar-refractivity contribution in [2.45, 2.75) is 43.8 Å². The summed E-state index contributed by atoms with van der Waals surface area (Å²) in [4.78, 5) is 12.7. The summed E-state index contributed by atoms with van der Waals surface area (Å²) < 4.78 is 21.8. The first-order valence-corrected chi connectivity index (χ1v) is 11.7. The number of rotatable bonds is 6. The minimum atomic E-state index is -0.806. The fourth-order valence-corrected chi connectivity index (χ4v) is 5.25. The van der Waals surface area contributed by atoms with Gasteiger partial charge in [0.25, 0.3) is 0 Å². The van der Waals surface area contributed by atoms with Gasteiger partial charge in [0.2, 0.25) is 5.91 Å². The number of nitriles is 1. The predicted octanol–water partition coefficient (Wildman–Crippen LogP) is 3.51. The Morgan fingerprint density at radius 1 is 1.29 bits per heavy atom. The monoisotopic (exact) mass is 470 g/mol. The van der Waals surface area contributed by atoms with Crippen LogP contribution in [0, 0.1) is 23.1 Å². The van der Waals surface area contributed by atoms with Crippen molar-refractivity contribution < 1.29 is 13.6 Å². The van der Waals surface area contributed by atoms with Crippen molar-refractivity contribution in [1.29, 1.82) is 5.26 Å². The Hall–Kier alpha value is -4.03. The first-order chi connectivity index (χ1) is 17.1. The molecule has 1 amide bonds. The summed E-state index contributed by atoms with van der Waals surface area (Å²) in [5.74, 6) is -0.319. The lowest BCUT2D eigenvalue weighted by molar-refractivity contribution is -0.124. The number of benzene rings is 2. The molecule has 1 aliphatic heterocycles. The van der Waals surface area contributed by atoms with Gasteiger partial charge in [0, 0.05) is 23.4 Å². The van der Waals surface area contributed by atoms with Crippen molar-refractivity contribution >= 4 is 16.9 Å². The summed E-state index contributed by atoms with van der Waals surface area (Å²) in [6.07, 6.45) is 6.59. The van der Waals surface area contributed by atoms with Crippen LogP contribution in [-0.2, 0) is 11.2 Å². The van der Waals surface area contributed by atoms with Gasteiger partial charge < -0.3 is 15.1 Å². The van der Waals surface area contributed by atoms with Crippen LogP contribution in [0.1, 0.15) is 24.8 Å². The molecule has 3 heterocycles. The SMILES string of the molecule is N#CC(Cc1ccc(-n2cc(-c3ccc4occc4c3)nn2)cc1F)NC(=O)C1NC2CCC1C2. The van der Waals surface area contributed by atoms with E-state index in [0.29, 0.717) is 28.9 Å². The molecule has 1 saturated heterocycles. The van der Waals surface area contributed by atoms with Gasteiger partial charge in [-0.3, -0.25) is 4.79 Å². The number of nitrogens with zero attached hydrogens (tertiary/aromatic N) is 4. The van der Waals surface area contributed by atoms with E-state index >= 15 is 0 Å². The zero-order chi connectivity index (χ0) is 23.9. The van der Waals surface area contributed by atoms with E-state index in [1.165, 1.54) is 10.7 Å². The second-order valence-electron chi connectivity index (χ2n) is 9.31. The highest BCUT2D eigenvalue weighted by Crippen LogP contribution is 2.35. The van der Waals surface area contributed by atoms with E-state index in [1.807, 2.05) is 24.3 Å². The van der Waals surface area contributed by atoms with Crippen molar-refractivity contribution in [2.24, 2.45) is 5.92 Å². The maximum Gasteiger partial charge on any atom is 0.238 e. The molecule has 2 bridgehead atoms. The van der Waals surface area contributed by atoms with Crippen LogP contribution in [0.25, 0.3) is 27.9 Å². The molecule has 4 aromatic rings. The molecule has 8 nitrogen and oxygen atoms in total. The highest BCUT2D eigenvalue weighted by Gasteiger charge is 2.43. The van der Waals surface area contributed by atoms with Crippen LogP contribution in [0.15, 0.2) is 59.3 Å². The molecule has 176 valence electrons. The molecular weight excluding hydrogens is 447 g/mol. The quantitative estimate of drug-likeness (QED) is 0.446. The molecule has 35 heavy (non-hydrogen) atoms. The lowest BCUT2D eigenvalue weighted by atomic mass is 9.98. The number of carbonyl (C=O) groups excluding carboxylic acids is 1. The number of carbonyl (C=O) groups is 1. The van der Waals surface area contributed by atoms with Crippen molar-refractivity contribution in [3.8, 4) is 23.0 Å². The molecule has 0 radical (unpaired) electrons. The van der Waals surface area contributed by atoms with E-state index in [2.05, 4.69) is 27.0 Å². The third-order valence-electron chi connectivity index (χ3n) is 7.08. The number of halogens is 1. The Balaban J connectivity index is 1.15. The van der Waals surface area contributed by atoms with Gasteiger partial charge in [-0.05, 0) is 67.1 Å². The molecule has 2 aliphatic rings. The number of aromatic nitrogens is 3. The van der Waals surface area contributed by atoms with Gasteiger partial charge in [-0.15, -0.1) is 5.10 Å². The third-order valence-corrected chi connectivity index (χ3v) is 7.08. The van der Waals surface area contributed by atoms with Gasteiger partial charge in [0.05, 0.1) is 30.3 Å². The van der Waals surface area contributed by atoms with Crippen LogP contribution in [0.2, 0.25) is 0 Å². The van der Waals surface area contributed by atoms with Crippen LogP contribution in [0.4, 0.5) is 4.39 Å². The largest absolute Gasteiger partial charge is 0.464 e. The van der Waals surface area contributed by atoms with Gasteiger partial charge in [0.15, 0.2) is 0 Å². The second-order valence-corrected chi connectivity index (χ2v) is 9.31. The van der Waals surface area contributed by atoms with Gasteiger partial charge in [-0.25, -0.2) is 9.07 Å². The van der Waals surface area contributed by atoms with Gasteiger partial charge in [-0.2, -0.15) is 5.26 Å². The minimum Gasteiger partial charge on any atom is -0.464 e. The highest BCUT2D eigenvalue weighted by atomic mass is 19.1. The van der Waals surface area contributed by atoms with E-state index in [-0.39, 0.29) is 18.4 Å². The molecule has 2 N–H and O–H groups in total. The van der Waals surface area contributed by atoms with Crippen LogP contribution >= 0.6 is 0 Å². The zero-order valence-electron chi connectivity index (χ0n) is 18.8. The predicted molar refractivity (Wildman–Crippen MR) is 126 cm³/mol. The summed E-state index contributed by atoms with van der Waals surface area (Å²) in [6, 6.07) is 13.7. The maximum atomic E-state index is 15.0. The lowest BCUT2D eigenvalue weighted by Gasteiger charge is -2.23. The summed E-state index contributed by atoms with van der Waals surface area (Å²) in [5, 5.41) is 25.0. The molecule has 1 saturated carbocycles.